The van der Waals surface area contributed by atoms with Crippen LogP contribution in [0.1, 0.15) is 11.4 Å². The van der Waals surface area contributed by atoms with E-state index in [-0.39, 0.29) is 12.4 Å². The Balaban J connectivity index is 2.15. The zero-order chi connectivity index (χ0) is 13.9. The predicted molar refractivity (Wildman–Crippen MR) is 61.4 cm³/mol. The smallest absolute Gasteiger partial charge is 0.364 e. The van der Waals surface area contributed by atoms with E-state index in [4.69, 9.17) is 11.6 Å². The molecule has 0 aliphatic rings. The van der Waals surface area contributed by atoms with Gasteiger partial charge in [-0.3, -0.25) is 0 Å². The first-order valence-corrected chi connectivity index (χ1v) is 5.43. The number of aromatic nitrogens is 4. The first kappa shape index (κ1) is 13.5. The van der Waals surface area contributed by atoms with Gasteiger partial charge in [0.05, 0.1) is 12.2 Å². The summed E-state index contributed by atoms with van der Waals surface area (Å²) in [5.74, 6) is -0.0223. The van der Waals surface area contributed by atoms with E-state index in [0.29, 0.717) is 5.69 Å². The third kappa shape index (κ3) is 3.75. The lowest BCUT2D eigenvalue weighted by Gasteiger charge is -2.09. The Kier molecular flexibility index (Phi) is 3.79. The van der Waals surface area contributed by atoms with Crippen LogP contribution >= 0.6 is 11.6 Å². The van der Waals surface area contributed by atoms with Gasteiger partial charge in [-0.1, -0.05) is 0 Å². The zero-order valence-electron chi connectivity index (χ0n) is 9.32. The van der Waals surface area contributed by atoms with Crippen LogP contribution in [-0.4, -0.2) is 19.9 Å². The number of hydrogen-bond donors (Lipinski definition) is 1. The van der Waals surface area contributed by atoms with Crippen molar-refractivity contribution in [3.63, 3.8) is 0 Å². The lowest BCUT2D eigenvalue weighted by molar-refractivity contribution is -0.141. The van der Waals surface area contributed by atoms with Gasteiger partial charge >= 0.3 is 6.18 Å². The van der Waals surface area contributed by atoms with Crippen LogP contribution in [0.15, 0.2) is 24.7 Å². The lowest BCUT2D eigenvalue weighted by Crippen LogP contribution is -2.11. The fourth-order valence-corrected chi connectivity index (χ4v) is 1.44. The van der Waals surface area contributed by atoms with Crippen molar-refractivity contribution in [1.29, 1.82) is 0 Å². The monoisotopic (exact) mass is 289 g/mol. The second-order valence-corrected chi connectivity index (χ2v) is 3.80. The van der Waals surface area contributed by atoms with Gasteiger partial charge < -0.3 is 5.32 Å². The molecule has 0 saturated carbocycles. The standard InChI is InChI=1S/C10H7ClF3N5/c11-9-18-7(10(12,13)14)3-8(19-9)16-4-6-1-2-15-5-17-6/h1-3,5H,4H2,(H,16,18,19). The normalized spacial score (nSPS) is 11.4. The minimum absolute atomic E-state index is 0.0223. The van der Waals surface area contributed by atoms with Gasteiger partial charge in [-0.2, -0.15) is 13.2 Å². The van der Waals surface area contributed by atoms with Crippen LogP contribution in [0.3, 0.4) is 0 Å². The molecule has 1 N–H and O–H groups in total. The number of hydrogen-bond acceptors (Lipinski definition) is 5. The lowest BCUT2D eigenvalue weighted by atomic mass is 10.3. The summed E-state index contributed by atoms with van der Waals surface area (Å²) in [6, 6.07) is 2.41. The number of rotatable bonds is 3. The number of nitrogens with one attached hydrogen (secondary N) is 1. The summed E-state index contributed by atoms with van der Waals surface area (Å²) in [4.78, 5) is 14.4. The maximum Gasteiger partial charge on any atom is 0.433 e. The van der Waals surface area contributed by atoms with Crippen molar-refractivity contribution in [3.05, 3.63) is 41.3 Å². The molecule has 100 valence electrons. The average Bonchev–Trinajstić information content (AvgIpc) is 2.36. The van der Waals surface area contributed by atoms with Crippen molar-refractivity contribution < 1.29 is 13.2 Å². The molecule has 2 aromatic rings. The molecule has 5 nitrogen and oxygen atoms in total. The molecule has 0 aromatic carbocycles. The third-order valence-corrected chi connectivity index (χ3v) is 2.25. The molecule has 2 heterocycles. The van der Waals surface area contributed by atoms with Gasteiger partial charge in [0.2, 0.25) is 5.28 Å². The molecule has 0 aliphatic carbocycles. The topological polar surface area (TPSA) is 63.6 Å². The summed E-state index contributed by atoms with van der Waals surface area (Å²) in [5.41, 5.74) is -0.490. The summed E-state index contributed by atoms with van der Waals surface area (Å²) in [6.07, 6.45) is -1.71. The van der Waals surface area contributed by atoms with Crippen molar-refractivity contribution >= 4 is 17.4 Å². The minimum Gasteiger partial charge on any atom is -0.364 e. The van der Waals surface area contributed by atoms with Gasteiger partial charge in [0.25, 0.3) is 0 Å². The molecule has 2 rings (SSSR count). The van der Waals surface area contributed by atoms with Gasteiger partial charge in [0.1, 0.15) is 12.1 Å². The van der Waals surface area contributed by atoms with Crippen LogP contribution in [0.2, 0.25) is 5.28 Å². The molecule has 19 heavy (non-hydrogen) atoms. The van der Waals surface area contributed by atoms with E-state index in [0.717, 1.165) is 6.07 Å². The largest absolute Gasteiger partial charge is 0.433 e. The minimum atomic E-state index is -4.57. The third-order valence-electron chi connectivity index (χ3n) is 2.08. The summed E-state index contributed by atoms with van der Waals surface area (Å²) >= 11 is 5.45. The highest BCUT2D eigenvalue weighted by atomic mass is 35.5. The SMILES string of the molecule is FC(F)(F)c1cc(NCc2ccncn2)nc(Cl)n1. The Hall–Kier alpha value is -1.96. The number of anilines is 1. The molecule has 0 unspecified atom stereocenters. The van der Waals surface area contributed by atoms with Crippen LogP contribution in [0, 0.1) is 0 Å². The van der Waals surface area contributed by atoms with E-state index in [1.54, 1.807) is 6.07 Å². The van der Waals surface area contributed by atoms with E-state index >= 15 is 0 Å². The molecular weight excluding hydrogens is 283 g/mol. The Morgan fingerprint density at radius 3 is 2.68 bits per heavy atom. The van der Waals surface area contributed by atoms with Crippen LogP contribution in [-0.2, 0) is 12.7 Å². The van der Waals surface area contributed by atoms with E-state index in [1.165, 1.54) is 12.5 Å². The number of halogens is 4. The average molecular weight is 290 g/mol. The fourth-order valence-electron chi connectivity index (χ4n) is 1.26. The second-order valence-electron chi connectivity index (χ2n) is 3.46. The fraction of sp³-hybridized carbons (Fsp3) is 0.200. The molecule has 9 heteroatoms. The van der Waals surface area contributed by atoms with Crippen LogP contribution in [0.5, 0.6) is 0 Å². The molecular formula is C10H7ClF3N5. The molecule has 0 fully saturated rings. The van der Waals surface area contributed by atoms with Gasteiger partial charge in [-0.25, -0.2) is 19.9 Å². The highest BCUT2D eigenvalue weighted by Crippen LogP contribution is 2.29. The van der Waals surface area contributed by atoms with Crippen molar-refractivity contribution in [2.45, 2.75) is 12.7 Å². The summed E-state index contributed by atoms with van der Waals surface area (Å²) in [5, 5.41) is 2.22. The predicted octanol–water partition coefficient (Wildman–Crippen LogP) is 2.55. The number of alkyl halides is 3. The zero-order valence-corrected chi connectivity index (χ0v) is 10.1. The summed E-state index contributed by atoms with van der Waals surface area (Å²) in [7, 11) is 0. The molecule has 0 atom stereocenters. The molecule has 0 radical (unpaired) electrons. The summed E-state index contributed by atoms with van der Waals surface area (Å²) in [6.45, 7) is 0.202. The Morgan fingerprint density at radius 2 is 2.05 bits per heavy atom. The molecule has 0 amide bonds. The maximum atomic E-state index is 12.5. The van der Waals surface area contributed by atoms with Crippen LogP contribution in [0.25, 0.3) is 0 Å². The van der Waals surface area contributed by atoms with Crippen LogP contribution < -0.4 is 5.32 Å². The van der Waals surface area contributed by atoms with E-state index in [1.807, 2.05) is 0 Å². The first-order valence-electron chi connectivity index (χ1n) is 5.06. The van der Waals surface area contributed by atoms with Crippen LogP contribution in [0.4, 0.5) is 19.0 Å². The molecule has 0 saturated heterocycles. The molecule has 0 bridgehead atoms. The van der Waals surface area contributed by atoms with E-state index in [2.05, 4.69) is 25.3 Å². The van der Waals surface area contributed by atoms with Gasteiger partial charge in [-0.15, -0.1) is 0 Å². The van der Waals surface area contributed by atoms with Gasteiger partial charge in [-0.05, 0) is 17.7 Å². The highest BCUT2D eigenvalue weighted by Gasteiger charge is 2.33. The van der Waals surface area contributed by atoms with E-state index < -0.39 is 17.2 Å². The van der Waals surface area contributed by atoms with Gasteiger partial charge in [0, 0.05) is 12.3 Å². The Morgan fingerprint density at radius 1 is 1.26 bits per heavy atom. The molecule has 0 aliphatic heterocycles. The molecule has 2 aromatic heterocycles. The molecule has 0 spiro atoms. The van der Waals surface area contributed by atoms with Gasteiger partial charge in [0.15, 0.2) is 5.69 Å². The van der Waals surface area contributed by atoms with Crippen molar-refractivity contribution in [2.24, 2.45) is 0 Å². The summed E-state index contributed by atoms with van der Waals surface area (Å²) < 4.78 is 37.5. The van der Waals surface area contributed by atoms with E-state index in [9.17, 15) is 13.2 Å². The quantitative estimate of drug-likeness (QED) is 0.880. The van der Waals surface area contributed by atoms with Crippen molar-refractivity contribution in [2.75, 3.05) is 5.32 Å². The Labute approximate surface area is 110 Å². The second kappa shape index (κ2) is 5.35. The Bertz CT molecular complexity index is 561. The maximum absolute atomic E-state index is 12.5. The van der Waals surface area contributed by atoms with Crippen molar-refractivity contribution in [3.8, 4) is 0 Å². The number of nitrogens with zero attached hydrogens (tertiary/aromatic N) is 4. The van der Waals surface area contributed by atoms with Crippen molar-refractivity contribution in [1.82, 2.24) is 19.9 Å². The first-order chi connectivity index (χ1) is 8.95. The highest BCUT2D eigenvalue weighted by molar-refractivity contribution is 6.28.